The van der Waals surface area contributed by atoms with Crippen molar-refractivity contribution in [3.63, 3.8) is 0 Å². The van der Waals surface area contributed by atoms with Crippen molar-refractivity contribution < 1.29 is 13.2 Å². The Morgan fingerprint density at radius 3 is 1.97 bits per heavy atom. The van der Waals surface area contributed by atoms with Gasteiger partial charge in [0.2, 0.25) is 15.9 Å². The van der Waals surface area contributed by atoms with Crippen LogP contribution in [0.15, 0.2) is 89.8 Å². The third-order valence-corrected chi connectivity index (χ3v) is 7.99. The molecule has 0 atom stereocenters. The maximum Gasteiger partial charge on any atom is 0.243 e. The summed E-state index contributed by atoms with van der Waals surface area (Å²) in [6.45, 7) is 1.98. The predicted octanol–water partition coefficient (Wildman–Crippen LogP) is 3.94. The van der Waals surface area contributed by atoms with Gasteiger partial charge in [0.1, 0.15) is 0 Å². The lowest BCUT2D eigenvalue weighted by atomic mass is 10.1. The van der Waals surface area contributed by atoms with Gasteiger partial charge in [0.15, 0.2) is 0 Å². The van der Waals surface area contributed by atoms with Gasteiger partial charge < -0.3 is 5.32 Å². The molecule has 4 aromatic rings. The first-order valence-electron chi connectivity index (χ1n) is 11.0. The van der Waals surface area contributed by atoms with Crippen molar-refractivity contribution in [2.24, 2.45) is 0 Å². The minimum absolute atomic E-state index is 0.101. The van der Waals surface area contributed by atoms with E-state index < -0.39 is 10.0 Å². The van der Waals surface area contributed by atoms with E-state index in [2.05, 4.69) is 5.32 Å². The van der Waals surface area contributed by atoms with Crippen LogP contribution in [0.1, 0.15) is 0 Å². The van der Waals surface area contributed by atoms with Crippen molar-refractivity contribution in [1.82, 2.24) is 9.21 Å². The molecule has 0 spiro atoms. The molecule has 0 bridgehead atoms. The predicted molar refractivity (Wildman–Crippen MR) is 132 cm³/mol. The van der Waals surface area contributed by atoms with E-state index in [1.807, 2.05) is 77.7 Å². The normalized spacial score (nSPS) is 15.6. The van der Waals surface area contributed by atoms with Gasteiger partial charge in [0.05, 0.1) is 11.4 Å². The number of sulfonamides is 1. The highest BCUT2D eigenvalue weighted by Crippen LogP contribution is 2.23. The van der Waals surface area contributed by atoms with Gasteiger partial charge >= 0.3 is 0 Å². The van der Waals surface area contributed by atoms with E-state index in [0.29, 0.717) is 31.1 Å². The van der Waals surface area contributed by atoms with E-state index in [-0.39, 0.29) is 12.5 Å². The van der Waals surface area contributed by atoms with Crippen LogP contribution >= 0.6 is 0 Å². The smallest absolute Gasteiger partial charge is 0.243 e. The molecule has 1 amide bonds. The van der Waals surface area contributed by atoms with Crippen molar-refractivity contribution in [3.05, 3.63) is 84.9 Å². The number of fused-ring (bicyclic) bond motifs is 2. The summed E-state index contributed by atoms with van der Waals surface area (Å²) in [5.41, 5.74) is 0.760. The molecule has 1 heterocycles. The molecular weight excluding hydrogens is 434 g/mol. The zero-order valence-electron chi connectivity index (χ0n) is 18.1. The molecule has 0 saturated carbocycles. The number of nitrogens with one attached hydrogen (secondary N) is 1. The summed E-state index contributed by atoms with van der Waals surface area (Å²) in [4.78, 5) is 14.9. The topological polar surface area (TPSA) is 69.7 Å². The third kappa shape index (κ3) is 4.61. The Hall–Kier alpha value is -3.26. The SMILES string of the molecule is O=C(CN1CCN(S(=O)(=O)c2ccc3ccccc3c2)CC1)Nc1ccc2ccccc2c1. The lowest BCUT2D eigenvalue weighted by Crippen LogP contribution is -2.50. The van der Waals surface area contributed by atoms with Gasteiger partial charge in [-0.15, -0.1) is 0 Å². The van der Waals surface area contributed by atoms with Gasteiger partial charge in [-0.3, -0.25) is 9.69 Å². The van der Waals surface area contributed by atoms with E-state index >= 15 is 0 Å². The fourth-order valence-electron chi connectivity index (χ4n) is 4.28. The zero-order chi connectivity index (χ0) is 22.8. The number of amides is 1. The molecule has 33 heavy (non-hydrogen) atoms. The summed E-state index contributed by atoms with van der Waals surface area (Å²) in [6.07, 6.45) is 0. The van der Waals surface area contributed by atoms with Gasteiger partial charge in [0.25, 0.3) is 0 Å². The molecule has 0 aromatic heterocycles. The van der Waals surface area contributed by atoms with Crippen LogP contribution in [0.4, 0.5) is 5.69 Å². The summed E-state index contributed by atoms with van der Waals surface area (Å²) < 4.78 is 27.8. The quantitative estimate of drug-likeness (QED) is 0.491. The molecular formula is C26H25N3O3S. The molecule has 1 fully saturated rings. The molecule has 1 aliphatic heterocycles. The van der Waals surface area contributed by atoms with Crippen LogP contribution in [0.5, 0.6) is 0 Å². The van der Waals surface area contributed by atoms with Gasteiger partial charge in [-0.1, -0.05) is 60.7 Å². The van der Waals surface area contributed by atoms with Gasteiger partial charge in [-0.25, -0.2) is 8.42 Å². The average molecular weight is 460 g/mol. The molecule has 0 radical (unpaired) electrons. The maximum atomic E-state index is 13.1. The van der Waals surface area contributed by atoms with Crippen LogP contribution in [0, 0.1) is 0 Å². The highest BCUT2D eigenvalue weighted by Gasteiger charge is 2.29. The number of rotatable bonds is 5. The highest BCUT2D eigenvalue weighted by molar-refractivity contribution is 7.89. The van der Waals surface area contributed by atoms with E-state index in [4.69, 9.17) is 0 Å². The molecule has 168 valence electrons. The molecule has 5 rings (SSSR count). The Kier molecular flexibility index (Phi) is 5.85. The molecule has 0 unspecified atom stereocenters. The van der Waals surface area contributed by atoms with Crippen LogP contribution < -0.4 is 5.32 Å². The third-order valence-electron chi connectivity index (χ3n) is 6.09. The number of nitrogens with zero attached hydrogens (tertiary/aromatic N) is 2. The van der Waals surface area contributed by atoms with E-state index in [0.717, 1.165) is 27.2 Å². The minimum atomic E-state index is -3.57. The monoisotopic (exact) mass is 459 g/mol. The molecule has 1 aliphatic rings. The van der Waals surface area contributed by atoms with Crippen molar-refractivity contribution in [1.29, 1.82) is 0 Å². The van der Waals surface area contributed by atoms with Crippen LogP contribution in [-0.2, 0) is 14.8 Å². The van der Waals surface area contributed by atoms with Gasteiger partial charge in [0, 0.05) is 31.9 Å². The fraction of sp³-hybridized carbons (Fsp3) is 0.192. The Morgan fingerprint density at radius 2 is 1.30 bits per heavy atom. The Bertz CT molecular complexity index is 1430. The molecule has 1 saturated heterocycles. The second kappa shape index (κ2) is 8.94. The fourth-order valence-corrected chi connectivity index (χ4v) is 5.73. The summed E-state index contributed by atoms with van der Waals surface area (Å²) >= 11 is 0. The molecule has 7 heteroatoms. The molecule has 6 nitrogen and oxygen atoms in total. The summed E-state index contributed by atoms with van der Waals surface area (Å²) in [7, 11) is -3.57. The highest BCUT2D eigenvalue weighted by atomic mass is 32.2. The first kappa shape index (κ1) is 21.6. The molecule has 1 N–H and O–H groups in total. The van der Waals surface area contributed by atoms with Crippen LogP contribution in [0.2, 0.25) is 0 Å². The largest absolute Gasteiger partial charge is 0.325 e. The number of piperazine rings is 1. The van der Waals surface area contributed by atoms with E-state index in [9.17, 15) is 13.2 Å². The van der Waals surface area contributed by atoms with Crippen molar-refractivity contribution >= 4 is 43.2 Å². The first-order chi connectivity index (χ1) is 16.0. The Labute approximate surface area is 193 Å². The van der Waals surface area contributed by atoms with Crippen molar-refractivity contribution in [3.8, 4) is 0 Å². The summed E-state index contributed by atoms with van der Waals surface area (Å²) in [5.74, 6) is -0.101. The van der Waals surface area contributed by atoms with Crippen LogP contribution in [-0.4, -0.2) is 56.3 Å². The second-order valence-corrected chi connectivity index (χ2v) is 10.2. The lowest BCUT2D eigenvalue weighted by Gasteiger charge is -2.33. The first-order valence-corrected chi connectivity index (χ1v) is 12.4. The standard InChI is InChI=1S/C26H25N3O3S/c30-26(27-24-11-9-20-5-1-3-7-22(20)17-24)19-28-13-15-29(16-14-28)33(31,32)25-12-10-21-6-2-4-8-23(21)18-25/h1-12,17-18H,13-16,19H2,(H,27,30). The number of hydrogen-bond acceptors (Lipinski definition) is 4. The summed E-state index contributed by atoms with van der Waals surface area (Å²) in [5, 5.41) is 7.07. The van der Waals surface area contributed by atoms with Crippen molar-refractivity contribution in [2.75, 3.05) is 38.0 Å². The Morgan fingerprint density at radius 1 is 0.727 bits per heavy atom. The van der Waals surface area contributed by atoms with Gasteiger partial charge in [-0.2, -0.15) is 4.31 Å². The van der Waals surface area contributed by atoms with Crippen molar-refractivity contribution in [2.45, 2.75) is 4.90 Å². The Balaban J connectivity index is 1.19. The average Bonchev–Trinajstić information content (AvgIpc) is 2.84. The minimum Gasteiger partial charge on any atom is -0.325 e. The zero-order valence-corrected chi connectivity index (χ0v) is 19.0. The number of benzene rings is 4. The van der Waals surface area contributed by atoms with E-state index in [1.54, 1.807) is 12.1 Å². The van der Waals surface area contributed by atoms with Crippen LogP contribution in [0.3, 0.4) is 0 Å². The number of anilines is 1. The second-order valence-electron chi connectivity index (χ2n) is 8.30. The number of carbonyl (C=O) groups excluding carboxylic acids is 1. The van der Waals surface area contributed by atoms with Gasteiger partial charge in [-0.05, 0) is 45.8 Å². The lowest BCUT2D eigenvalue weighted by molar-refractivity contribution is -0.117. The van der Waals surface area contributed by atoms with Crippen LogP contribution in [0.25, 0.3) is 21.5 Å². The maximum absolute atomic E-state index is 13.1. The van der Waals surface area contributed by atoms with E-state index in [1.165, 1.54) is 4.31 Å². The summed E-state index contributed by atoms with van der Waals surface area (Å²) in [6, 6.07) is 26.8. The molecule has 0 aliphatic carbocycles. The molecule has 4 aromatic carbocycles. The number of carbonyl (C=O) groups is 1. The number of hydrogen-bond donors (Lipinski definition) is 1.